The number of nitrogens with one attached hydrogen (secondary N) is 1. The summed E-state index contributed by atoms with van der Waals surface area (Å²) in [6.45, 7) is 0. The van der Waals surface area contributed by atoms with Crippen LogP contribution in [-0.4, -0.2) is 43.5 Å². The minimum Gasteiger partial charge on any atom is -0.480 e. The smallest absolute Gasteiger partial charge is 0.326 e. The normalized spacial score (nSPS) is 14.2. The van der Waals surface area contributed by atoms with Crippen molar-refractivity contribution in [1.82, 2.24) is 5.32 Å². The van der Waals surface area contributed by atoms with Crippen LogP contribution in [0.15, 0.2) is 30.3 Å². The van der Waals surface area contributed by atoms with Gasteiger partial charge in [0.05, 0.1) is 5.75 Å². The predicted octanol–water partition coefficient (Wildman–Crippen LogP) is -0.309. The molecule has 7 nitrogen and oxygen atoms in total. The van der Waals surface area contributed by atoms with E-state index in [0.717, 1.165) is 6.26 Å². The van der Waals surface area contributed by atoms with Crippen molar-refractivity contribution in [3.8, 4) is 0 Å². The van der Waals surface area contributed by atoms with Crippen LogP contribution in [0.3, 0.4) is 0 Å². The van der Waals surface area contributed by atoms with Gasteiger partial charge in [0.25, 0.3) is 0 Å². The average Bonchev–Trinajstić information content (AvgIpc) is 2.42. The van der Waals surface area contributed by atoms with Crippen LogP contribution in [0.5, 0.6) is 0 Å². The van der Waals surface area contributed by atoms with Gasteiger partial charge < -0.3 is 16.2 Å². The Morgan fingerprint density at radius 2 is 1.86 bits per heavy atom. The van der Waals surface area contributed by atoms with E-state index in [2.05, 4.69) is 5.32 Å². The maximum atomic E-state index is 11.9. The molecule has 0 heterocycles. The lowest BCUT2D eigenvalue weighted by molar-refractivity contribution is -0.142. The third-order valence-electron chi connectivity index (χ3n) is 2.83. The molecule has 0 saturated carbocycles. The summed E-state index contributed by atoms with van der Waals surface area (Å²) in [7, 11) is -3.31. The van der Waals surface area contributed by atoms with E-state index in [0.29, 0.717) is 5.56 Å². The van der Waals surface area contributed by atoms with Crippen LogP contribution in [0.4, 0.5) is 0 Å². The maximum absolute atomic E-state index is 11.9. The van der Waals surface area contributed by atoms with Crippen LogP contribution in [0.2, 0.25) is 0 Å². The van der Waals surface area contributed by atoms with E-state index in [-0.39, 0.29) is 12.2 Å². The van der Waals surface area contributed by atoms with Crippen LogP contribution in [0.25, 0.3) is 0 Å². The molecule has 0 radical (unpaired) electrons. The van der Waals surface area contributed by atoms with Crippen LogP contribution in [0.1, 0.15) is 18.0 Å². The summed E-state index contributed by atoms with van der Waals surface area (Å²) in [5.41, 5.74) is 6.29. The summed E-state index contributed by atoms with van der Waals surface area (Å²) in [6, 6.07) is 6.18. The van der Waals surface area contributed by atoms with Crippen molar-refractivity contribution < 1.29 is 23.1 Å². The summed E-state index contributed by atoms with van der Waals surface area (Å²) in [5, 5.41) is 11.3. The fourth-order valence-corrected chi connectivity index (χ4v) is 2.33. The number of rotatable bonds is 7. The second-order valence-electron chi connectivity index (χ2n) is 4.71. The first kappa shape index (κ1) is 17.1. The summed E-state index contributed by atoms with van der Waals surface area (Å²) >= 11 is 0. The van der Waals surface area contributed by atoms with Gasteiger partial charge in [0.1, 0.15) is 21.9 Å². The van der Waals surface area contributed by atoms with Crippen molar-refractivity contribution in [3.63, 3.8) is 0 Å². The molecule has 116 valence electrons. The molecule has 0 saturated heterocycles. The lowest BCUT2D eigenvalue weighted by Crippen LogP contribution is -2.45. The van der Waals surface area contributed by atoms with Crippen LogP contribution in [0, 0.1) is 0 Å². The number of benzene rings is 1. The SMILES string of the molecule is CS(=O)(=O)CCC(NC(=O)[C@@H](N)c1ccccc1)C(=O)O. The first-order valence-corrected chi connectivity index (χ1v) is 8.28. The molecule has 4 N–H and O–H groups in total. The van der Waals surface area contributed by atoms with E-state index in [9.17, 15) is 18.0 Å². The number of carboxylic acid groups (broad SMARTS) is 1. The van der Waals surface area contributed by atoms with Crippen molar-refractivity contribution in [2.75, 3.05) is 12.0 Å². The van der Waals surface area contributed by atoms with Crippen molar-refractivity contribution in [1.29, 1.82) is 0 Å². The van der Waals surface area contributed by atoms with Crippen LogP contribution < -0.4 is 11.1 Å². The molecule has 1 aromatic rings. The molecule has 1 rings (SSSR count). The summed E-state index contributed by atoms with van der Waals surface area (Å²) < 4.78 is 22.1. The van der Waals surface area contributed by atoms with Gasteiger partial charge >= 0.3 is 5.97 Å². The molecular weight excluding hydrogens is 296 g/mol. The first-order valence-electron chi connectivity index (χ1n) is 6.22. The number of amides is 1. The highest BCUT2D eigenvalue weighted by Crippen LogP contribution is 2.10. The third-order valence-corrected chi connectivity index (χ3v) is 3.81. The Bertz CT molecular complexity index is 600. The van der Waals surface area contributed by atoms with Gasteiger partial charge in [-0.1, -0.05) is 30.3 Å². The average molecular weight is 314 g/mol. The van der Waals surface area contributed by atoms with E-state index in [1.165, 1.54) is 0 Å². The van der Waals surface area contributed by atoms with E-state index >= 15 is 0 Å². The fraction of sp³-hybridized carbons (Fsp3) is 0.385. The number of sulfone groups is 1. The Balaban J connectivity index is 2.71. The zero-order chi connectivity index (χ0) is 16.0. The minimum atomic E-state index is -3.31. The number of hydrogen-bond donors (Lipinski definition) is 3. The highest BCUT2D eigenvalue weighted by molar-refractivity contribution is 7.90. The zero-order valence-corrected chi connectivity index (χ0v) is 12.3. The number of carbonyl (C=O) groups is 2. The second-order valence-corrected chi connectivity index (χ2v) is 6.97. The molecule has 0 aromatic heterocycles. The van der Waals surface area contributed by atoms with Crippen LogP contribution in [-0.2, 0) is 19.4 Å². The summed E-state index contributed by atoms with van der Waals surface area (Å²) in [5.74, 6) is -2.29. The number of carbonyl (C=O) groups excluding carboxylic acids is 1. The molecule has 0 bridgehead atoms. The Labute approximate surface area is 123 Å². The van der Waals surface area contributed by atoms with Gasteiger partial charge in [-0.3, -0.25) is 4.79 Å². The fourth-order valence-electron chi connectivity index (χ4n) is 1.66. The van der Waals surface area contributed by atoms with Gasteiger partial charge in [0, 0.05) is 6.26 Å². The molecule has 1 unspecified atom stereocenters. The lowest BCUT2D eigenvalue weighted by atomic mass is 10.1. The van der Waals surface area contributed by atoms with Crippen molar-refractivity contribution in [3.05, 3.63) is 35.9 Å². The molecule has 0 aliphatic heterocycles. The molecule has 0 aliphatic rings. The molecule has 0 aliphatic carbocycles. The topological polar surface area (TPSA) is 127 Å². The highest BCUT2D eigenvalue weighted by Gasteiger charge is 2.25. The standard InChI is InChI=1S/C13H18N2O5S/c1-21(19,20)8-7-10(13(17)18)15-12(16)11(14)9-5-3-2-4-6-9/h2-6,10-11H,7-8,14H2,1H3,(H,15,16)(H,17,18)/t10?,11-/m0/s1. The van der Waals surface area contributed by atoms with Crippen molar-refractivity contribution >= 4 is 21.7 Å². The molecule has 2 atom stereocenters. The molecule has 1 aromatic carbocycles. The number of aliphatic carboxylic acids is 1. The number of carboxylic acids is 1. The Kier molecular flexibility index (Phi) is 5.86. The molecule has 8 heteroatoms. The Hall–Kier alpha value is -1.93. The molecule has 0 spiro atoms. The van der Waals surface area contributed by atoms with Gasteiger partial charge in [-0.2, -0.15) is 0 Å². The van der Waals surface area contributed by atoms with Gasteiger partial charge in [-0.15, -0.1) is 0 Å². The highest BCUT2D eigenvalue weighted by atomic mass is 32.2. The maximum Gasteiger partial charge on any atom is 0.326 e. The summed E-state index contributed by atoms with van der Waals surface area (Å²) in [6.07, 6.45) is 0.796. The number of hydrogen-bond acceptors (Lipinski definition) is 5. The van der Waals surface area contributed by atoms with Gasteiger partial charge in [-0.25, -0.2) is 13.2 Å². The van der Waals surface area contributed by atoms with E-state index in [4.69, 9.17) is 10.8 Å². The van der Waals surface area contributed by atoms with Crippen molar-refractivity contribution in [2.24, 2.45) is 5.73 Å². The van der Waals surface area contributed by atoms with E-state index < -0.39 is 33.8 Å². The molecule has 1 amide bonds. The first-order chi connectivity index (χ1) is 9.70. The Morgan fingerprint density at radius 1 is 1.29 bits per heavy atom. The second kappa shape index (κ2) is 7.19. The zero-order valence-electron chi connectivity index (χ0n) is 11.5. The van der Waals surface area contributed by atoms with Gasteiger partial charge in [0.2, 0.25) is 5.91 Å². The predicted molar refractivity (Wildman–Crippen MR) is 77.3 cm³/mol. The quantitative estimate of drug-likeness (QED) is 0.633. The lowest BCUT2D eigenvalue weighted by Gasteiger charge is -2.17. The Morgan fingerprint density at radius 3 is 2.33 bits per heavy atom. The monoisotopic (exact) mass is 314 g/mol. The van der Waals surface area contributed by atoms with E-state index in [1.54, 1.807) is 30.3 Å². The molecule has 0 fully saturated rings. The molecular formula is C13H18N2O5S. The van der Waals surface area contributed by atoms with Gasteiger partial charge in [0.15, 0.2) is 0 Å². The number of nitrogens with two attached hydrogens (primary N) is 1. The van der Waals surface area contributed by atoms with Gasteiger partial charge in [-0.05, 0) is 12.0 Å². The van der Waals surface area contributed by atoms with E-state index in [1.807, 2.05) is 0 Å². The summed E-state index contributed by atoms with van der Waals surface area (Å²) in [4.78, 5) is 23.0. The van der Waals surface area contributed by atoms with Crippen molar-refractivity contribution in [2.45, 2.75) is 18.5 Å². The minimum absolute atomic E-state index is 0.207. The third kappa shape index (κ3) is 5.92. The van der Waals surface area contributed by atoms with Crippen LogP contribution >= 0.6 is 0 Å². The molecule has 21 heavy (non-hydrogen) atoms. The largest absolute Gasteiger partial charge is 0.480 e.